The Morgan fingerprint density at radius 2 is 1.73 bits per heavy atom. The molecular weight excluding hydrogens is 348 g/mol. The van der Waals surface area contributed by atoms with Crippen molar-refractivity contribution in [2.24, 2.45) is 5.92 Å². The monoisotopic (exact) mass is 372 g/mol. The largest absolute Gasteiger partial charge is 0.322 e. The van der Waals surface area contributed by atoms with Crippen molar-refractivity contribution in [3.63, 3.8) is 0 Å². The van der Waals surface area contributed by atoms with Crippen LogP contribution in [0.5, 0.6) is 0 Å². The second-order valence-electron chi connectivity index (χ2n) is 6.93. The van der Waals surface area contributed by atoms with E-state index in [0.717, 1.165) is 18.4 Å². The first-order valence-electron chi connectivity index (χ1n) is 8.84. The van der Waals surface area contributed by atoms with Gasteiger partial charge in [0.2, 0.25) is 10.0 Å². The average Bonchev–Trinajstić information content (AvgIpc) is 2.62. The Balaban J connectivity index is 1.72. The molecule has 2 aromatic rings. The predicted molar refractivity (Wildman–Crippen MR) is 103 cm³/mol. The van der Waals surface area contributed by atoms with Crippen LogP contribution in [0.1, 0.15) is 35.7 Å². The molecule has 1 saturated heterocycles. The Morgan fingerprint density at radius 3 is 2.35 bits per heavy atom. The second-order valence-corrected chi connectivity index (χ2v) is 8.87. The molecule has 138 valence electrons. The quantitative estimate of drug-likeness (QED) is 0.890. The fourth-order valence-corrected chi connectivity index (χ4v) is 4.55. The highest BCUT2D eigenvalue weighted by Gasteiger charge is 2.28. The first-order valence-corrected chi connectivity index (χ1v) is 10.3. The molecule has 26 heavy (non-hydrogen) atoms. The third kappa shape index (κ3) is 4.14. The van der Waals surface area contributed by atoms with Gasteiger partial charge in [-0.2, -0.15) is 4.31 Å². The molecule has 0 spiro atoms. The van der Waals surface area contributed by atoms with Gasteiger partial charge in [0.25, 0.3) is 5.91 Å². The van der Waals surface area contributed by atoms with Crippen LogP contribution in [0.3, 0.4) is 0 Å². The molecule has 3 rings (SSSR count). The van der Waals surface area contributed by atoms with Gasteiger partial charge in [0, 0.05) is 24.3 Å². The molecule has 1 aliphatic heterocycles. The van der Waals surface area contributed by atoms with Crippen LogP contribution in [-0.2, 0) is 10.0 Å². The zero-order valence-electron chi connectivity index (χ0n) is 15.1. The van der Waals surface area contributed by atoms with Crippen LogP contribution in [0.4, 0.5) is 5.69 Å². The maximum atomic E-state index is 12.7. The molecule has 0 radical (unpaired) electrons. The molecule has 1 fully saturated rings. The highest BCUT2D eigenvalue weighted by molar-refractivity contribution is 7.89. The molecule has 2 aromatic carbocycles. The molecule has 0 aliphatic carbocycles. The van der Waals surface area contributed by atoms with Gasteiger partial charge in [0.15, 0.2) is 0 Å². The fraction of sp³-hybridized carbons (Fsp3) is 0.350. The first kappa shape index (κ1) is 18.6. The van der Waals surface area contributed by atoms with Crippen molar-refractivity contribution in [2.45, 2.75) is 31.6 Å². The highest BCUT2D eigenvalue weighted by atomic mass is 32.2. The lowest BCUT2D eigenvalue weighted by molar-refractivity contribution is 0.102. The summed E-state index contributed by atoms with van der Waals surface area (Å²) in [6.45, 7) is 5.21. The van der Waals surface area contributed by atoms with Crippen molar-refractivity contribution in [1.29, 1.82) is 0 Å². The number of carbonyl (C=O) groups is 1. The summed E-state index contributed by atoms with van der Waals surface area (Å²) in [4.78, 5) is 12.6. The maximum Gasteiger partial charge on any atom is 0.255 e. The molecule has 1 heterocycles. The average molecular weight is 372 g/mol. The Bertz CT molecular complexity index is 884. The number of carbonyl (C=O) groups excluding carboxylic acids is 1. The lowest BCUT2D eigenvalue weighted by Crippen LogP contribution is -2.37. The summed E-state index contributed by atoms with van der Waals surface area (Å²) in [5.74, 6) is 0.306. The van der Waals surface area contributed by atoms with E-state index in [1.54, 1.807) is 12.1 Å². The van der Waals surface area contributed by atoms with Crippen LogP contribution >= 0.6 is 0 Å². The van der Waals surface area contributed by atoms with Crippen molar-refractivity contribution in [1.82, 2.24) is 4.31 Å². The minimum atomic E-state index is -3.49. The van der Waals surface area contributed by atoms with E-state index in [-0.39, 0.29) is 10.8 Å². The standard InChI is InChI=1S/C20H24N2O3S/c1-15-10-12-22(13-11-15)26(24,25)19-8-6-17(7-9-19)20(23)21-18-5-3-4-16(2)14-18/h3-9,14-15H,10-13H2,1-2H3,(H,21,23). The number of rotatable bonds is 4. The van der Waals surface area contributed by atoms with Gasteiger partial charge in [-0.15, -0.1) is 0 Å². The predicted octanol–water partition coefficient (Wildman–Crippen LogP) is 3.67. The smallest absolute Gasteiger partial charge is 0.255 e. The van der Waals surface area contributed by atoms with Gasteiger partial charge in [-0.25, -0.2) is 8.42 Å². The molecule has 6 heteroatoms. The van der Waals surface area contributed by atoms with Crippen LogP contribution in [0.15, 0.2) is 53.4 Å². The molecule has 1 aliphatic rings. The molecule has 0 bridgehead atoms. The summed E-state index contributed by atoms with van der Waals surface area (Å²) in [6.07, 6.45) is 1.77. The van der Waals surface area contributed by atoms with E-state index < -0.39 is 10.0 Å². The third-order valence-electron chi connectivity index (χ3n) is 4.77. The molecule has 0 unspecified atom stereocenters. The zero-order valence-corrected chi connectivity index (χ0v) is 15.9. The van der Waals surface area contributed by atoms with Crippen LogP contribution in [-0.4, -0.2) is 31.7 Å². The summed E-state index contributed by atoms with van der Waals surface area (Å²) in [5.41, 5.74) is 2.20. The number of benzene rings is 2. The number of nitrogens with one attached hydrogen (secondary N) is 1. The second kappa shape index (κ2) is 7.60. The minimum Gasteiger partial charge on any atom is -0.322 e. The Hall–Kier alpha value is -2.18. The van der Waals surface area contributed by atoms with E-state index in [0.29, 0.717) is 30.3 Å². The number of sulfonamides is 1. The molecule has 0 saturated carbocycles. The summed E-state index contributed by atoms with van der Waals surface area (Å²) >= 11 is 0. The lowest BCUT2D eigenvalue weighted by Gasteiger charge is -2.29. The number of piperidine rings is 1. The number of hydrogen-bond donors (Lipinski definition) is 1. The summed E-state index contributed by atoms with van der Waals surface area (Å²) in [6, 6.07) is 13.7. The van der Waals surface area contributed by atoms with E-state index in [2.05, 4.69) is 12.2 Å². The van der Waals surface area contributed by atoms with Gasteiger partial charge < -0.3 is 5.32 Å². The van der Waals surface area contributed by atoms with Gasteiger partial charge >= 0.3 is 0 Å². The van der Waals surface area contributed by atoms with Crippen molar-refractivity contribution < 1.29 is 13.2 Å². The number of amides is 1. The van der Waals surface area contributed by atoms with Gasteiger partial charge in [0.1, 0.15) is 0 Å². The third-order valence-corrected chi connectivity index (χ3v) is 6.69. The van der Waals surface area contributed by atoms with Crippen molar-refractivity contribution >= 4 is 21.6 Å². The molecular formula is C20H24N2O3S. The van der Waals surface area contributed by atoms with E-state index in [9.17, 15) is 13.2 Å². The Morgan fingerprint density at radius 1 is 1.08 bits per heavy atom. The number of aryl methyl sites for hydroxylation is 1. The van der Waals surface area contributed by atoms with E-state index in [1.165, 1.54) is 16.4 Å². The molecule has 1 amide bonds. The number of anilines is 1. The molecule has 5 nitrogen and oxygen atoms in total. The lowest BCUT2D eigenvalue weighted by atomic mass is 10.0. The van der Waals surface area contributed by atoms with Gasteiger partial charge in [-0.3, -0.25) is 4.79 Å². The molecule has 1 N–H and O–H groups in total. The summed E-state index contributed by atoms with van der Waals surface area (Å²) in [5, 5.41) is 2.83. The van der Waals surface area contributed by atoms with Crippen LogP contribution in [0, 0.1) is 12.8 Å². The molecule has 0 aromatic heterocycles. The van der Waals surface area contributed by atoms with Crippen LogP contribution < -0.4 is 5.32 Å². The zero-order chi connectivity index (χ0) is 18.7. The summed E-state index contributed by atoms with van der Waals surface area (Å²) in [7, 11) is -3.49. The minimum absolute atomic E-state index is 0.235. The SMILES string of the molecule is Cc1cccc(NC(=O)c2ccc(S(=O)(=O)N3CCC(C)CC3)cc2)c1. The van der Waals surface area contributed by atoms with Crippen molar-refractivity contribution in [3.05, 3.63) is 59.7 Å². The maximum absolute atomic E-state index is 12.7. The van der Waals surface area contributed by atoms with Crippen molar-refractivity contribution in [3.8, 4) is 0 Å². The van der Waals surface area contributed by atoms with E-state index in [4.69, 9.17) is 0 Å². The normalized spacial score (nSPS) is 16.4. The van der Waals surface area contributed by atoms with E-state index in [1.807, 2.05) is 31.2 Å². The van der Waals surface area contributed by atoms with Crippen LogP contribution in [0.2, 0.25) is 0 Å². The number of hydrogen-bond acceptors (Lipinski definition) is 3. The van der Waals surface area contributed by atoms with E-state index >= 15 is 0 Å². The molecule has 0 atom stereocenters. The van der Waals surface area contributed by atoms with Crippen LogP contribution in [0.25, 0.3) is 0 Å². The highest BCUT2D eigenvalue weighted by Crippen LogP contribution is 2.23. The first-order chi connectivity index (χ1) is 12.4. The fourth-order valence-electron chi connectivity index (χ4n) is 3.08. The topological polar surface area (TPSA) is 66.5 Å². The Kier molecular flexibility index (Phi) is 5.44. The number of nitrogens with zero attached hydrogens (tertiary/aromatic N) is 1. The van der Waals surface area contributed by atoms with Crippen molar-refractivity contribution in [2.75, 3.05) is 18.4 Å². The van der Waals surface area contributed by atoms with Gasteiger partial charge in [0.05, 0.1) is 4.90 Å². The van der Waals surface area contributed by atoms with Gasteiger partial charge in [-0.05, 0) is 67.6 Å². The summed E-state index contributed by atoms with van der Waals surface area (Å²) < 4.78 is 27.0. The Labute approximate surface area is 155 Å². The van der Waals surface area contributed by atoms with Gasteiger partial charge in [-0.1, -0.05) is 19.1 Å².